The van der Waals surface area contributed by atoms with E-state index in [0.717, 1.165) is 17.9 Å². The van der Waals surface area contributed by atoms with Crippen molar-refractivity contribution >= 4 is 23.6 Å². The maximum Gasteiger partial charge on any atom is 0.255 e. The van der Waals surface area contributed by atoms with Gasteiger partial charge in [0.1, 0.15) is 6.04 Å². The van der Waals surface area contributed by atoms with Gasteiger partial charge in [-0.3, -0.25) is 24.5 Å². The molecule has 2 N–H and O–H groups in total. The SMILES string of the molecule is CC[C@@H]1C[C@H]1CNC(=O)c1ccc2c(c1)CN(C1CCC(=O)NC1=O)C2=O. The monoisotopic (exact) mass is 369 g/mol. The van der Waals surface area contributed by atoms with Crippen molar-refractivity contribution in [1.29, 1.82) is 0 Å². The molecule has 0 aromatic heterocycles. The van der Waals surface area contributed by atoms with Crippen molar-refractivity contribution in [1.82, 2.24) is 15.5 Å². The summed E-state index contributed by atoms with van der Waals surface area (Å²) in [4.78, 5) is 50.0. The average molecular weight is 369 g/mol. The fraction of sp³-hybridized carbons (Fsp3) is 0.500. The molecule has 27 heavy (non-hydrogen) atoms. The quantitative estimate of drug-likeness (QED) is 0.763. The van der Waals surface area contributed by atoms with Crippen LogP contribution in [0.1, 0.15) is 58.9 Å². The van der Waals surface area contributed by atoms with Crippen LogP contribution in [0.15, 0.2) is 18.2 Å². The van der Waals surface area contributed by atoms with E-state index < -0.39 is 11.9 Å². The van der Waals surface area contributed by atoms with Crippen molar-refractivity contribution in [3.8, 4) is 0 Å². The fourth-order valence-electron chi connectivity index (χ4n) is 4.10. The molecule has 7 nitrogen and oxygen atoms in total. The van der Waals surface area contributed by atoms with Crippen molar-refractivity contribution in [2.45, 2.75) is 45.2 Å². The second-order valence-corrected chi connectivity index (χ2v) is 7.65. The van der Waals surface area contributed by atoms with Gasteiger partial charge in [-0.1, -0.05) is 13.3 Å². The molecule has 3 atom stereocenters. The van der Waals surface area contributed by atoms with Crippen LogP contribution >= 0.6 is 0 Å². The lowest BCUT2D eigenvalue weighted by Crippen LogP contribution is -2.52. The number of carbonyl (C=O) groups is 4. The minimum Gasteiger partial charge on any atom is -0.352 e. The van der Waals surface area contributed by atoms with Crippen LogP contribution in [0.2, 0.25) is 0 Å². The van der Waals surface area contributed by atoms with E-state index in [1.807, 2.05) is 0 Å². The van der Waals surface area contributed by atoms with Crippen molar-refractivity contribution in [2.75, 3.05) is 6.54 Å². The molecule has 3 aliphatic rings. The van der Waals surface area contributed by atoms with Crippen LogP contribution in [-0.4, -0.2) is 41.1 Å². The van der Waals surface area contributed by atoms with Crippen LogP contribution < -0.4 is 10.6 Å². The van der Waals surface area contributed by atoms with Crippen molar-refractivity contribution in [3.63, 3.8) is 0 Å². The van der Waals surface area contributed by atoms with Crippen LogP contribution in [-0.2, 0) is 16.1 Å². The number of nitrogens with zero attached hydrogens (tertiary/aromatic N) is 1. The summed E-state index contributed by atoms with van der Waals surface area (Å²) in [5.74, 6) is 0.213. The molecule has 1 aliphatic carbocycles. The summed E-state index contributed by atoms with van der Waals surface area (Å²) in [6, 6.07) is 4.41. The van der Waals surface area contributed by atoms with Crippen molar-refractivity contribution in [3.05, 3.63) is 34.9 Å². The topological polar surface area (TPSA) is 95.6 Å². The largest absolute Gasteiger partial charge is 0.352 e. The predicted octanol–water partition coefficient (Wildman–Crippen LogP) is 1.22. The molecule has 1 saturated carbocycles. The van der Waals surface area contributed by atoms with E-state index in [0.29, 0.717) is 30.0 Å². The fourth-order valence-corrected chi connectivity index (χ4v) is 4.10. The first-order chi connectivity index (χ1) is 13.0. The number of amides is 4. The van der Waals surface area contributed by atoms with Gasteiger partial charge in [-0.25, -0.2) is 0 Å². The normalized spacial score (nSPS) is 26.6. The summed E-state index contributed by atoms with van der Waals surface area (Å²) >= 11 is 0. The zero-order chi connectivity index (χ0) is 19.1. The Morgan fingerprint density at radius 1 is 1.26 bits per heavy atom. The molecule has 0 spiro atoms. The van der Waals surface area contributed by atoms with Gasteiger partial charge < -0.3 is 10.2 Å². The standard InChI is InChI=1S/C20H23N3O4/c1-2-11-7-13(11)9-21-18(25)12-3-4-15-14(8-12)10-23(20(15)27)16-5-6-17(24)22-19(16)26/h3-4,8,11,13,16H,2,5-7,9-10H2,1H3,(H,21,25)(H,22,24,26)/t11-,13+,16?/m1/s1. The van der Waals surface area contributed by atoms with E-state index >= 15 is 0 Å². The van der Waals surface area contributed by atoms with Crippen molar-refractivity contribution < 1.29 is 19.2 Å². The second kappa shape index (κ2) is 6.79. The highest BCUT2D eigenvalue weighted by molar-refractivity contribution is 6.06. The molecule has 7 heteroatoms. The smallest absolute Gasteiger partial charge is 0.255 e. The Hall–Kier alpha value is -2.70. The van der Waals surface area contributed by atoms with E-state index in [9.17, 15) is 19.2 Å². The first-order valence-electron chi connectivity index (χ1n) is 9.53. The van der Waals surface area contributed by atoms with Gasteiger partial charge in [0.25, 0.3) is 11.8 Å². The summed E-state index contributed by atoms with van der Waals surface area (Å²) < 4.78 is 0. The number of fused-ring (bicyclic) bond motifs is 1. The summed E-state index contributed by atoms with van der Waals surface area (Å²) in [5.41, 5.74) is 1.79. The molecule has 2 fully saturated rings. The molecule has 1 saturated heterocycles. The summed E-state index contributed by atoms with van der Waals surface area (Å²) in [6.07, 6.45) is 2.88. The Bertz CT molecular complexity index is 835. The molecule has 0 radical (unpaired) electrons. The Labute approximate surface area is 157 Å². The molecule has 1 unspecified atom stereocenters. The molecular weight excluding hydrogens is 346 g/mol. The highest BCUT2D eigenvalue weighted by Crippen LogP contribution is 2.40. The maximum atomic E-state index is 12.7. The van der Waals surface area contributed by atoms with E-state index in [4.69, 9.17) is 0 Å². The Balaban J connectivity index is 1.43. The third kappa shape index (κ3) is 3.34. The third-order valence-corrected chi connectivity index (χ3v) is 5.90. The van der Waals surface area contributed by atoms with E-state index in [1.54, 1.807) is 18.2 Å². The third-order valence-electron chi connectivity index (χ3n) is 5.90. The van der Waals surface area contributed by atoms with Crippen LogP contribution in [0.5, 0.6) is 0 Å². The molecule has 0 bridgehead atoms. The molecule has 2 aliphatic heterocycles. The second-order valence-electron chi connectivity index (χ2n) is 7.65. The minimum atomic E-state index is -0.638. The van der Waals surface area contributed by atoms with Crippen LogP contribution in [0.25, 0.3) is 0 Å². The number of nitrogens with one attached hydrogen (secondary N) is 2. The highest BCUT2D eigenvalue weighted by atomic mass is 16.2. The van der Waals surface area contributed by atoms with Crippen LogP contribution in [0.3, 0.4) is 0 Å². The molecule has 4 amide bonds. The van der Waals surface area contributed by atoms with E-state index in [1.165, 1.54) is 11.3 Å². The predicted molar refractivity (Wildman–Crippen MR) is 96.7 cm³/mol. The number of rotatable bonds is 5. The van der Waals surface area contributed by atoms with Crippen LogP contribution in [0, 0.1) is 11.8 Å². The summed E-state index contributed by atoms with van der Waals surface area (Å²) in [7, 11) is 0. The van der Waals surface area contributed by atoms with Crippen molar-refractivity contribution in [2.24, 2.45) is 11.8 Å². The first kappa shape index (κ1) is 17.7. The zero-order valence-electron chi connectivity index (χ0n) is 15.3. The molecule has 2 heterocycles. The Kier molecular flexibility index (Phi) is 4.45. The number of hydrogen-bond acceptors (Lipinski definition) is 4. The van der Waals surface area contributed by atoms with Gasteiger partial charge in [0.2, 0.25) is 11.8 Å². The minimum absolute atomic E-state index is 0.133. The van der Waals surface area contributed by atoms with Crippen LogP contribution in [0.4, 0.5) is 0 Å². The Morgan fingerprint density at radius 3 is 2.78 bits per heavy atom. The Morgan fingerprint density at radius 2 is 2.07 bits per heavy atom. The number of carbonyl (C=O) groups excluding carboxylic acids is 4. The molecule has 1 aromatic rings. The van der Waals surface area contributed by atoms with Gasteiger partial charge >= 0.3 is 0 Å². The maximum absolute atomic E-state index is 12.7. The number of benzene rings is 1. The van der Waals surface area contributed by atoms with Gasteiger partial charge in [0, 0.05) is 30.6 Å². The highest BCUT2D eigenvalue weighted by Gasteiger charge is 2.39. The molecule has 4 rings (SSSR count). The number of imide groups is 1. The van der Waals surface area contributed by atoms with E-state index in [-0.39, 0.29) is 30.7 Å². The summed E-state index contributed by atoms with van der Waals surface area (Å²) in [6.45, 7) is 3.14. The molecule has 1 aromatic carbocycles. The van der Waals surface area contributed by atoms with Gasteiger partial charge in [0.05, 0.1) is 0 Å². The zero-order valence-corrected chi connectivity index (χ0v) is 15.3. The molecule has 142 valence electrons. The van der Waals surface area contributed by atoms with Gasteiger partial charge in [-0.2, -0.15) is 0 Å². The average Bonchev–Trinajstić information content (AvgIpc) is 3.35. The van der Waals surface area contributed by atoms with Gasteiger partial charge in [0.15, 0.2) is 0 Å². The van der Waals surface area contributed by atoms with E-state index in [2.05, 4.69) is 17.6 Å². The lowest BCUT2D eigenvalue weighted by Gasteiger charge is -2.29. The lowest BCUT2D eigenvalue weighted by atomic mass is 10.0. The van der Waals surface area contributed by atoms with Gasteiger partial charge in [-0.15, -0.1) is 0 Å². The van der Waals surface area contributed by atoms with Gasteiger partial charge in [-0.05, 0) is 48.4 Å². The number of piperidine rings is 1. The molecular formula is C20H23N3O4. The summed E-state index contributed by atoms with van der Waals surface area (Å²) in [5, 5.41) is 5.26. The number of hydrogen-bond donors (Lipinski definition) is 2. The lowest BCUT2D eigenvalue weighted by molar-refractivity contribution is -0.136. The first-order valence-corrected chi connectivity index (χ1v) is 9.53.